The van der Waals surface area contributed by atoms with E-state index in [0.29, 0.717) is 43.9 Å². The summed E-state index contributed by atoms with van der Waals surface area (Å²) in [6.07, 6.45) is 5.97. The first-order valence-electron chi connectivity index (χ1n) is 11.3. The van der Waals surface area contributed by atoms with Gasteiger partial charge in [-0.15, -0.1) is 0 Å². The Kier molecular flexibility index (Phi) is 6.35. The first kappa shape index (κ1) is 22.8. The molecule has 2 aromatic rings. The first-order valence-corrected chi connectivity index (χ1v) is 11.3. The number of hydrogen-bond donors (Lipinski definition) is 2. The number of nitrogens with zero attached hydrogens (tertiary/aromatic N) is 5. The van der Waals surface area contributed by atoms with E-state index in [4.69, 9.17) is 10.5 Å². The van der Waals surface area contributed by atoms with Crippen molar-refractivity contribution in [1.82, 2.24) is 19.9 Å². The van der Waals surface area contributed by atoms with E-state index in [0.717, 1.165) is 17.8 Å². The van der Waals surface area contributed by atoms with Gasteiger partial charge in [-0.05, 0) is 52.2 Å². The number of carbonyl (C=O) groups is 2. The fourth-order valence-corrected chi connectivity index (χ4v) is 3.66. The van der Waals surface area contributed by atoms with E-state index in [-0.39, 0.29) is 11.7 Å². The lowest BCUT2D eigenvalue weighted by Crippen LogP contribution is -2.39. The molecule has 176 valence electrons. The molecule has 2 amide bonds. The number of nitrogens with two attached hydrogens (primary N) is 1. The van der Waals surface area contributed by atoms with Crippen LogP contribution in [-0.4, -0.2) is 63.6 Å². The van der Waals surface area contributed by atoms with Gasteiger partial charge in [0.1, 0.15) is 17.0 Å². The number of hydrogen-bond acceptors (Lipinski definition) is 8. The molecule has 2 aliphatic rings. The summed E-state index contributed by atoms with van der Waals surface area (Å²) in [5.41, 5.74) is 7.02. The highest BCUT2D eigenvalue weighted by molar-refractivity contribution is 5.98. The number of rotatable bonds is 5. The van der Waals surface area contributed by atoms with E-state index in [1.165, 1.54) is 19.0 Å². The predicted molar refractivity (Wildman–Crippen MR) is 125 cm³/mol. The summed E-state index contributed by atoms with van der Waals surface area (Å²) in [5, 5.41) is 3.16. The highest BCUT2D eigenvalue weighted by Gasteiger charge is 2.26. The van der Waals surface area contributed by atoms with Crippen molar-refractivity contribution in [3.63, 3.8) is 0 Å². The van der Waals surface area contributed by atoms with Crippen LogP contribution in [0.3, 0.4) is 0 Å². The molecule has 4 rings (SSSR count). The van der Waals surface area contributed by atoms with Gasteiger partial charge < -0.3 is 25.6 Å². The number of aromatic nitrogens is 3. The Morgan fingerprint density at radius 2 is 1.88 bits per heavy atom. The predicted octanol–water partition coefficient (Wildman–Crippen LogP) is 3.04. The van der Waals surface area contributed by atoms with Crippen LogP contribution in [0.2, 0.25) is 0 Å². The average Bonchev–Trinajstić information content (AvgIpc) is 3.60. The van der Waals surface area contributed by atoms with E-state index in [9.17, 15) is 9.59 Å². The molecular weight excluding hydrogens is 422 g/mol. The van der Waals surface area contributed by atoms with E-state index < -0.39 is 11.5 Å². The van der Waals surface area contributed by atoms with Crippen molar-refractivity contribution in [2.45, 2.75) is 51.6 Å². The topological polar surface area (TPSA) is 127 Å². The first-order chi connectivity index (χ1) is 15.7. The SMILES string of the molecule is CC(C)(C)OC(=O)N1CCCN(c2ncc(C(N)=O)c(Nc3ccc(C4CC4)nc3)n2)CC1. The molecule has 1 aliphatic heterocycles. The molecule has 0 unspecified atom stereocenters. The van der Waals surface area contributed by atoms with Gasteiger partial charge in [-0.3, -0.25) is 9.78 Å². The Morgan fingerprint density at radius 1 is 1.09 bits per heavy atom. The van der Waals surface area contributed by atoms with E-state index in [1.807, 2.05) is 37.8 Å². The fourth-order valence-electron chi connectivity index (χ4n) is 3.66. The van der Waals surface area contributed by atoms with Gasteiger partial charge in [0, 0.05) is 44.0 Å². The van der Waals surface area contributed by atoms with E-state index in [2.05, 4.69) is 20.3 Å². The number of carbonyl (C=O) groups excluding carboxylic acids is 2. The molecule has 1 saturated carbocycles. The van der Waals surface area contributed by atoms with Crippen LogP contribution in [0.4, 0.5) is 22.2 Å². The monoisotopic (exact) mass is 453 g/mol. The Labute approximate surface area is 193 Å². The molecule has 1 aliphatic carbocycles. The normalized spacial score (nSPS) is 16.8. The second kappa shape index (κ2) is 9.21. The molecule has 0 radical (unpaired) electrons. The van der Waals surface area contributed by atoms with Gasteiger partial charge in [-0.1, -0.05) is 0 Å². The molecule has 0 spiro atoms. The Balaban J connectivity index is 1.48. The van der Waals surface area contributed by atoms with Gasteiger partial charge in [-0.2, -0.15) is 4.98 Å². The van der Waals surface area contributed by atoms with Crippen molar-refractivity contribution in [2.24, 2.45) is 5.73 Å². The van der Waals surface area contributed by atoms with Crippen LogP contribution in [0.1, 0.15) is 62.0 Å². The minimum Gasteiger partial charge on any atom is -0.444 e. The highest BCUT2D eigenvalue weighted by Crippen LogP contribution is 2.39. The number of nitrogens with one attached hydrogen (secondary N) is 1. The summed E-state index contributed by atoms with van der Waals surface area (Å²) in [4.78, 5) is 41.6. The molecule has 0 atom stereocenters. The summed E-state index contributed by atoms with van der Waals surface area (Å²) in [6.45, 7) is 7.87. The van der Waals surface area contributed by atoms with Gasteiger partial charge in [-0.25, -0.2) is 9.78 Å². The lowest BCUT2D eigenvalue weighted by Gasteiger charge is -2.26. The van der Waals surface area contributed by atoms with Crippen LogP contribution in [0.25, 0.3) is 0 Å². The van der Waals surface area contributed by atoms with Crippen molar-refractivity contribution in [3.05, 3.63) is 35.8 Å². The highest BCUT2D eigenvalue weighted by atomic mass is 16.6. The maximum absolute atomic E-state index is 12.4. The largest absolute Gasteiger partial charge is 0.444 e. The molecular formula is C23H31N7O3. The lowest BCUT2D eigenvalue weighted by molar-refractivity contribution is 0.0263. The van der Waals surface area contributed by atoms with Gasteiger partial charge >= 0.3 is 6.09 Å². The zero-order valence-electron chi connectivity index (χ0n) is 19.4. The van der Waals surface area contributed by atoms with Gasteiger partial charge in [0.2, 0.25) is 5.95 Å². The molecule has 10 nitrogen and oxygen atoms in total. The van der Waals surface area contributed by atoms with E-state index in [1.54, 1.807) is 11.1 Å². The summed E-state index contributed by atoms with van der Waals surface area (Å²) < 4.78 is 5.50. The summed E-state index contributed by atoms with van der Waals surface area (Å²) in [6, 6.07) is 3.92. The molecule has 2 fully saturated rings. The minimum absolute atomic E-state index is 0.204. The molecule has 0 aromatic carbocycles. The van der Waals surface area contributed by atoms with Gasteiger partial charge in [0.15, 0.2) is 0 Å². The number of anilines is 3. The second-order valence-electron chi connectivity index (χ2n) is 9.48. The maximum atomic E-state index is 12.4. The Morgan fingerprint density at radius 3 is 2.52 bits per heavy atom. The third kappa shape index (κ3) is 5.88. The minimum atomic E-state index is -0.612. The fraction of sp³-hybridized carbons (Fsp3) is 0.522. The number of primary amides is 1. The zero-order valence-corrected chi connectivity index (χ0v) is 19.4. The number of amides is 2. The van der Waals surface area contributed by atoms with Crippen LogP contribution in [0, 0.1) is 0 Å². The Bertz CT molecular complexity index is 1020. The summed E-state index contributed by atoms with van der Waals surface area (Å²) in [7, 11) is 0. The molecule has 3 N–H and O–H groups in total. The molecule has 2 aromatic heterocycles. The molecule has 10 heteroatoms. The van der Waals surface area contributed by atoms with Crippen LogP contribution < -0.4 is 16.0 Å². The number of ether oxygens (including phenoxy) is 1. The smallest absolute Gasteiger partial charge is 0.410 e. The number of pyridine rings is 1. The van der Waals surface area contributed by atoms with Crippen molar-refractivity contribution in [1.29, 1.82) is 0 Å². The average molecular weight is 454 g/mol. The summed E-state index contributed by atoms with van der Waals surface area (Å²) >= 11 is 0. The zero-order chi connectivity index (χ0) is 23.6. The molecule has 1 saturated heterocycles. The third-order valence-corrected chi connectivity index (χ3v) is 5.52. The lowest BCUT2D eigenvalue weighted by atomic mass is 10.2. The van der Waals surface area contributed by atoms with Crippen LogP contribution in [0.15, 0.2) is 24.5 Å². The molecule has 33 heavy (non-hydrogen) atoms. The molecule has 3 heterocycles. The van der Waals surface area contributed by atoms with Gasteiger partial charge in [0.25, 0.3) is 5.91 Å². The summed E-state index contributed by atoms with van der Waals surface area (Å²) in [5.74, 6) is 0.755. The van der Waals surface area contributed by atoms with Crippen molar-refractivity contribution >= 4 is 29.5 Å². The van der Waals surface area contributed by atoms with Crippen LogP contribution in [-0.2, 0) is 4.74 Å². The molecule has 0 bridgehead atoms. The Hall–Kier alpha value is -3.43. The maximum Gasteiger partial charge on any atom is 0.410 e. The second-order valence-corrected chi connectivity index (χ2v) is 9.48. The standard InChI is InChI=1S/C23H31N7O3/c1-23(2,3)33-22(32)30-10-4-9-29(11-12-30)21-26-14-17(19(24)31)20(28-21)27-16-7-8-18(25-13-16)15-5-6-15/h7-8,13-15H,4-6,9-12H2,1-3H3,(H2,24,31)(H,26,27,28). The quantitative estimate of drug-likeness (QED) is 0.707. The van der Waals surface area contributed by atoms with Crippen molar-refractivity contribution < 1.29 is 14.3 Å². The van der Waals surface area contributed by atoms with Gasteiger partial charge in [0.05, 0.1) is 11.9 Å². The van der Waals surface area contributed by atoms with Crippen LogP contribution >= 0.6 is 0 Å². The van der Waals surface area contributed by atoms with E-state index >= 15 is 0 Å². The third-order valence-electron chi connectivity index (χ3n) is 5.52. The van der Waals surface area contributed by atoms with Crippen molar-refractivity contribution in [2.75, 3.05) is 36.4 Å². The van der Waals surface area contributed by atoms with Crippen molar-refractivity contribution in [3.8, 4) is 0 Å². The van der Waals surface area contributed by atoms with Crippen LogP contribution in [0.5, 0.6) is 0 Å².